The summed E-state index contributed by atoms with van der Waals surface area (Å²) < 4.78 is 74.7. The van der Waals surface area contributed by atoms with Gasteiger partial charge in [0.1, 0.15) is 10.5 Å². The quantitative estimate of drug-likeness (QED) is 0.508. The Kier molecular flexibility index (Phi) is 3.57. The summed E-state index contributed by atoms with van der Waals surface area (Å²) in [4.78, 5) is 0. The predicted octanol–water partition coefficient (Wildman–Crippen LogP) is -0.820. The molecule has 0 saturated heterocycles. The fraction of sp³-hybridized carbons (Fsp3) is 1.00. The standard InChI is InChI=1S/C3H6F6O2Si2/c4-2(5,6)1(10,13-11-12)3(7,8)9/h10H,13H2,12H3. The van der Waals surface area contributed by atoms with E-state index in [0.717, 1.165) is 0 Å². The molecule has 0 fully saturated rings. The molecule has 0 unspecified atom stereocenters. The van der Waals surface area contributed by atoms with Crippen molar-refractivity contribution in [3.8, 4) is 0 Å². The van der Waals surface area contributed by atoms with Gasteiger partial charge in [-0.05, 0) is 0 Å². The first-order valence-electron chi connectivity index (χ1n) is 2.91. The van der Waals surface area contributed by atoms with E-state index in [2.05, 4.69) is 4.12 Å². The molecular weight excluding hydrogens is 238 g/mol. The van der Waals surface area contributed by atoms with Crippen molar-refractivity contribution in [2.75, 3.05) is 0 Å². The molecule has 0 aromatic rings. The van der Waals surface area contributed by atoms with Crippen LogP contribution < -0.4 is 0 Å². The molecule has 10 heteroatoms. The molecule has 0 amide bonds. The van der Waals surface area contributed by atoms with E-state index < -0.39 is 27.3 Å². The first-order valence-corrected chi connectivity index (χ1v) is 5.01. The largest absolute Gasteiger partial charge is 0.465 e. The second-order valence-corrected chi connectivity index (χ2v) is 5.91. The molecule has 0 aliphatic carbocycles. The second kappa shape index (κ2) is 3.59. The highest BCUT2D eigenvalue weighted by molar-refractivity contribution is 6.38. The Morgan fingerprint density at radius 3 is 1.38 bits per heavy atom. The Morgan fingerprint density at radius 1 is 1.00 bits per heavy atom. The highest BCUT2D eigenvalue weighted by Crippen LogP contribution is 2.42. The molecule has 0 heterocycles. The van der Waals surface area contributed by atoms with E-state index in [9.17, 15) is 26.3 Å². The lowest BCUT2D eigenvalue weighted by molar-refractivity contribution is -0.335. The minimum absolute atomic E-state index is 0.261. The van der Waals surface area contributed by atoms with Crippen LogP contribution in [0.3, 0.4) is 0 Å². The minimum atomic E-state index is -5.72. The van der Waals surface area contributed by atoms with Crippen LogP contribution in [0.25, 0.3) is 0 Å². The third-order valence-corrected chi connectivity index (χ3v) is 3.67. The summed E-state index contributed by atoms with van der Waals surface area (Å²) in [5.41, 5.74) is 0. The Hall–Kier alpha value is -0.0662. The van der Waals surface area contributed by atoms with Crippen molar-refractivity contribution in [3.05, 3.63) is 0 Å². The third-order valence-electron chi connectivity index (χ3n) is 1.29. The van der Waals surface area contributed by atoms with Gasteiger partial charge < -0.3 is 9.22 Å². The van der Waals surface area contributed by atoms with Crippen LogP contribution in [0.4, 0.5) is 26.3 Å². The van der Waals surface area contributed by atoms with Gasteiger partial charge in [-0.15, -0.1) is 0 Å². The van der Waals surface area contributed by atoms with Crippen molar-refractivity contribution >= 4 is 20.2 Å². The van der Waals surface area contributed by atoms with Gasteiger partial charge in [-0.25, -0.2) is 0 Å². The van der Waals surface area contributed by atoms with E-state index in [1.165, 1.54) is 0 Å². The van der Waals surface area contributed by atoms with E-state index in [1.54, 1.807) is 0 Å². The molecule has 0 radical (unpaired) electrons. The Labute approximate surface area is 74.4 Å². The summed E-state index contributed by atoms with van der Waals surface area (Å²) in [7, 11) is -3.36. The fourth-order valence-corrected chi connectivity index (χ4v) is 2.53. The number of rotatable bonds is 2. The molecule has 0 aliphatic heterocycles. The van der Waals surface area contributed by atoms with Crippen LogP contribution in [-0.4, -0.2) is 42.9 Å². The molecule has 0 bridgehead atoms. The molecular formula is C3H6F6O2Si2. The van der Waals surface area contributed by atoms with Gasteiger partial charge in [0, 0.05) is 0 Å². The van der Waals surface area contributed by atoms with Crippen molar-refractivity contribution in [1.82, 2.24) is 0 Å². The lowest BCUT2D eigenvalue weighted by atomic mass is 10.3. The molecule has 0 aliphatic rings. The van der Waals surface area contributed by atoms with Crippen molar-refractivity contribution in [2.24, 2.45) is 0 Å². The summed E-state index contributed by atoms with van der Waals surface area (Å²) in [6.45, 7) is 0. The topological polar surface area (TPSA) is 29.5 Å². The SMILES string of the molecule is OC([SiH2]O[SiH3])(C(F)(F)F)C(F)(F)F. The van der Waals surface area contributed by atoms with E-state index in [0.29, 0.717) is 0 Å². The maximum atomic E-state index is 11.8. The molecule has 13 heavy (non-hydrogen) atoms. The van der Waals surface area contributed by atoms with Gasteiger partial charge in [0.15, 0.2) is 0 Å². The summed E-state index contributed by atoms with van der Waals surface area (Å²) in [6, 6.07) is 0. The Balaban J connectivity index is 4.96. The molecule has 1 N–H and O–H groups in total. The van der Waals surface area contributed by atoms with Crippen molar-refractivity contribution in [1.29, 1.82) is 0 Å². The number of aliphatic hydroxyl groups is 1. The molecule has 0 rings (SSSR count). The second-order valence-electron chi connectivity index (χ2n) is 2.29. The molecule has 0 atom stereocenters. The van der Waals surface area contributed by atoms with Gasteiger partial charge in [0.2, 0.25) is 9.76 Å². The highest BCUT2D eigenvalue weighted by Gasteiger charge is 2.70. The number of hydrogen-bond acceptors (Lipinski definition) is 2. The maximum absolute atomic E-state index is 11.8. The van der Waals surface area contributed by atoms with Gasteiger partial charge in [0.25, 0.3) is 5.22 Å². The number of hydrogen-bond donors (Lipinski definition) is 1. The van der Waals surface area contributed by atoms with Gasteiger partial charge in [-0.2, -0.15) is 26.3 Å². The van der Waals surface area contributed by atoms with E-state index >= 15 is 0 Å². The average Bonchev–Trinajstić information content (AvgIpc) is 1.82. The molecule has 0 aromatic carbocycles. The molecule has 0 spiro atoms. The fourth-order valence-electron chi connectivity index (χ4n) is 0.533. The van der Waals surface area contributed by atoms with E-state index in [1.807, 2.05) is 0 Å². The van der Waals surface area contributed by atoms with Crippen LogP contribution in [0, 0.1) is 0 Å². The normalized spacial score (nSPS) is 15.9. The zero-order valence-corrected chi connectivity index (χ0v) is 9.74. The number of alkyl halides is 6. The molecule has 2 nitrogen and oxygen atoms in total. The minimum Gasteiger partial charge on any atom is -0.465 e. The zero-order chi connectivity index (χ0) is 10.9. The van der Waals surface area contributed by atoms with Crippen LogP contribution >= 0.6 is 0 Å². The van der Waals surface area contributed by atoms with Crippen LogP contribution in [0.5, 0.6) is 0 Å². The van der Waals surface area contributed by atoms with Crippen molar-refractivity contribution in [3.63, 3.8) is 0 Å². The highest BCUT2D eigenvalue weighted by atomic mass is 28.3. The average molecular weight is 244 g/mol. The molecule has 0 saturated carbocycles. The maximum Gasteiger partial charge on any atom is 0.425 e. The number of halogens is 6. The predicted molar refractivity (Wildman–Crippen MR) is 36.6 cm³/mol. The monoisotopic (exact) mass is 244 g/mol. The van der Waals surface area contributed by atoms with Crippen molar-refractivity contribution < 1.29 is 35.6 Å². The van der Waals surface area contributed by atoms with Gasteiger partial charge in [-0.3, -0.25) is 0 Å². The smallest absolute Gasteiger partial charge is 0.425 e. The molecule has 80 valence electrons. The Bertz CT molecular complexity index is 162. The van der Waals surface area contributed by atoms with E-state index in [-0.39, 0.29) is 10.5 Å². The Morgan fingerprint density at radius 2 is 1.31 bits per heavy atom. The van der Waals surface area contributed by atoms with Crippen LogP contribution in [0.15, 0.2) is 0 Å². The van der Waals surface area contributed by atoms with Crippen LogP contribution in [0.1, 0.15) is 0 Å². The summed E-state index contributed by atoms with van der Waals surface area (Å²) in [5.74, 6) is 0. The lowest BCUT2D eigenvalue weighted by Crippen LogP contribution is -2.61. The van der Waals surface area contributed by atoms with Crippen molar-refractivity contribution in [2.45, 2.75) is 17.6 Å². The first kappa shape index (κ1) is 12.9. The summed E-state index contributed by atoms with van der Waals surface area (Å²) in [5, 5.41) is 3.77. The van der Waals surface area contributed by atoms with Crippen LogP contribution in [-0.2, 0) is 4.12 Å². The van der Waals surface area contributed by atoms with Gasteiger partial charge >= 0.3 is 12.4 Å². The molecule has 0 aromatic heterocycles. The first-order chi connectivity index (χ1) is 5.56. The summed E-state index contributed by atoms with van der Waals surface area (Å²) in [6.07, 6.45) is -11.4. The zero-order valence-electron chi connectivity index (χ0n) is 6.33. The summed E-state index contributed by atoms with van der Waals surface area (Å²) >= 11 is 0. The van der Waals surface area contributed by atoms with Gasteiger partial charge in [-0.1, -0.05) is 0 Å². The third kappa shape index (κ3) is 2.45. The van der Waals surface area contributed by atoms with E-state index in [4.69, 9.17) is 5.11 Å². The van der Waals surface area contributed by atoms with Crippen LogP contribution in [0.2, 0.25) is 0 Å². The van der Waals surface area contributed by atoms with Gasteiger partial charge in [0.05, 0.1) is 0 Å². The lowest BCUT2D eigenvalue weighted by Gasteiger charge is -2.31.